The number of hydrogen-bond donors (Lipinski definition) is 3. The lowest BCUT2D eigenvalue weighted by atomic mass is 10.1. The van der Waals surface area contributed by atoms with E-state index >= 15 is 0 Å². The zero-order chi connectivity index (χ0) is 14.5. The highest BCUT2D eigenvalue weighted by atomic mass is 127. The maximum absolute atomic E-state index is 12.1. The highest BCUT2D eigenvalue weighted by Gasteiger charge is 2.11. The maximum Gasteiger partial charge on any atom is 0.255 e. The van der Waals surface area contributed by atoms with Gasteiger partial charge < -0.3 is 16.2 Å². The molecular formula is C15H15IN2O2. The third-order valence-electron chi connectivity index (χ3n) is 2.98. The summed E-state index contributed by atoms with van der Waals surface area (Å²) in [5, 5.41) is 12.5. The van der Waals surface area contributed by atoms with E-state index in [1.54, 1.807) is 12.1 Å². The van der Waals surface area contributed by atoms with E-state index in [0.29, 0.717) is 13.1 Å². The number of carbonyl (C=O) groups is 1. The van der Waals surface area contributed by atoms with E-state index in [2.05, 4.69) is 27.9 Å². The quantitative estimate of drug-likeness (QED) is 0.711. The molecule has 0 spiro atoms. The van der Waals surface area contributed by atoms with Crippen LogP contribution in [0, 0.1) is 3.57 Å². The molecule has 0 saturated heterocycles. The predicted molar refractivity (Wildman–Crippen MR) is 86.3 cm³/mol. The van der Waals surface area contributed by atoms with Crippen LogP contribution in [0.5, 0.6) is 5.75 Å². The van der Waals surface area contributed by atoms with Crippen molar-refractivity contribution in [3.8, 4) is 5.75 Å². The zero-order valence-corrected chi connectivity index (χ0v) is 12.9. The van der Waals surface area contributed by atoms with Gasteiger partial charge in [-0.2, -0.15) is 0 Å². The summed E-state index contributed by atoms with van der Waals surface area (Å²) >= 11 is 2.10. The molecule has 0 bridgehead atoms. The van der Waals surface area contributed by atoms with E-state index in [-0.39, 0.29) is 17.2 Å². The number of nitrogens with one attached hydrogen (secondary N) is 1. The van der Waals surface area contributed by atoms with Crippen LogP contribution in [-0.4, -0.2) is 11.0 Å². The Kier molecular flexibility index (Phi) is 4.97. The van der Waals surface area contributed by atoms with Gasteiger partial charge in [0.05, 0.1) is 5.56 Å². The van der Waals surface area contributed by atoms with Crippen LogP contribution < -0.4 is 11.1 Å². The van der Waals surface area contributed by atoms with E-state index in [0.717, 1.165) is 14.7 Å². The summed E-state index contributed by atoms with van der Waals surface area (Å²) in [6, 6.07) is 12.6. The first kappa shape index (κ1) is 14.8. The van der Waals surface area contributed by atoms with Gasteiger partial charge in [0.25, 0.3) is 5.91 Å². The molecule has 1 amide bonds. The highest BCUT2D eigenvalue weighted by Crippen LogP contribution is 2.19. The van der Waals surface area contributed by atoms with E-state index in [9.17, 15) is 9.90 Å². The van der Waals surface area contributed by atoms with Gasteiger partial charge in [-0.15, -0.1) is 0 Å². The molecule has 5 heteroatoms. The van der Waals surface area contributed by atoms with Crippen LogP contribution >= 0.6 is 22.6 Å². The first-order valence-electron chi connectivity index (χ1n) is 6.15. The maximum atomic E-state index is 12.1. The Labute approximate surface area is 131 Å². The van der Waals surface area contributed by atoms with E-state index in [1.165, 1.54) is 6.07 Å². The lowest BCUT2D eigenvalue weighted by Crippen LogP contribution is -2.23. The summed E-state index contributed by atoms with van der Waals surface area (Å²) in [4.78, 5) is 12.1. The molecule has 0 unspecified atom stereocenters. The van der Waals surface area contributed by atoms with Gasteiger partial charge in [0.1, 0.15) is 5.75 Å². The average molecular weight is 382 g/mol. The summed E-state index contributed by atoms with van der Waals surface area (Å²) in [5.74, 6) is -0.317. The molecule has 4 nitrogen and oxygen atoms in total. The van der Waals surface area contributed by atoms with Crippen molar-refractivity contribution >= 4 is 28.5 Å². The van der Waals surface area contributed by atoms with Gasteiger partial charge >= 0.3 is 0 Å². The molecule has 0 fully saturated rings. The minimum absolute atomic E-state index is 0.0185. The van der Waals surface area contributed by atoms with Crippen LogP contribution in [0.25, 0.3) is 0 Å². The fourth-order valence-corrected chi connectivity index (χ4v) is 2.38. The summed E-state index contributed by atoms with van der Waals surface area (Å²) < 4.78 is 0.896. The molecular weight excluding hydrogens is 367 g/mol. The second-order valence-corrected chi connectivity index (χ2v) is 5.56. The van der Waals surface area contributed by atoms with Crippen LogP contribution in [0.1, 0.15) is 21.5 Å². The summed E-state index contributed by atoms with van der Waals surface area (Å²) in [6.45, 7) is 0.817. The zero-order valence-electron chi connectivity index (χ0n) is 10.8. The van der Waals surface area contributed by atoms with Crippen molar-refractivity contribution in [1.29, 1.82) is 0 Å². The van der Waals surface area contributed by atoms with E-state index < -0.39 is 0 Å². The van der Waals surface area contributed by atoms with Crippen LogP contribution in [0.4, 0.5) is 0 Å². The highest BCUT2D eigenvalue weighted by molar-refractivity contribution is 14.1. The lowest BCUT2D eigenvalue weighted by Gasteiger charge is -2.10. The van der Waals surface area contributed by atoms with E-state index in [1.807, 2.05) is 24.3 Å². The molecule has 0 aromatic heterocycles. The number of benzene rings is 2. The molecule has 0 aliphatic carbocycles. The minimum Gasteiger partial charge on any atom is -0.507 e. The molecule has 104 valence electrons. The first-order valence-corrected chi connectivity index (χ1v) is 7.23. The number of aromatic hydroxyl groups is 1. The largest absolute Gasteiger partial charge is 0.507 e. The molecule has 20 heavy (non-hydrogen) atoms. The minimum atomic E-state index is -0.298. The predicted octanol–water partition coefficient (Wildman–Crippen LogP) is 2.39. The normalized spacial score (nSPS) is 10.3. The van der Waals surface area contributed by atoms with Gasteiger partial charge in [0.2, 0.25) is 0 Å². The Morgan fingerprint density at radius 2 is 1.90 bits per heavy atom. The molecule has 2 rings (SSSR count). The van der Waals surface area contributed by atoms with Crippen LogP contribution in [0.3, 0.4) is 0 Å². The Morgan fingerprint density at radius 1 is 1.20 bits per heavy atom. The monoisotopic (exact) mass is 382 g/mol. The van der Waals surface area contributed by atoms with Gasteiger partial charge in [-0.25, -0.2) is 0 Å². The van der Waals surface area contributed by atoms with Gasteiger partial charge in [-0.1, -0.05) is 24.3 Å². The lowest BCUT2D eigenvalue weighted by molar-refractivity contribution is 0.0948. The Balaban J connectivity index is 2.11. The van der Waals surface area contributed by atoms with E-state index in [4.69, 9.17) is 5.73 Å². The van der Waals surface area contributed by atoms with Gasteiger partial charge in [0.15, 0.2) is 0 Å². The van der Waals surface area contributed by atoms with Crippen LogP contribution in [0.2, 0.25) is 0 Å². The third-order valence-corrected chi connectivity index (χ3v) is 3.65. The molecule has 4 N–H and O–H groups in total. The molecule has 0 radical (unpaired) electrons. The molecule has 0 saturated carbocycles. The second-order valence-electron chi connectivity index (χ2n) is 4.32. The van der Waals surface area contributed by atoms with Crippen molar-refractivity contribution in [3.63, 3.8) is 0 Å². The molecule has 0 atom stereocenters. The molecule has 0 heterocycles. The van der Waals surface area contributed by atoms with Crippen molar-refractivity contribution in [2.75, 3.05) is 0 Å². The molecule has 2 aromatic rings. The average Bonchev–Trinajstić information content (AvgIpc) is 2.47. The number of amides is 1. The van der Waals surface area contributed by atoms with Crippen LogP contribution in [-0.2, 0) is 13.1 Å². The number of carbonyl (C=O) groups excluding carboxylic acids is 1. The fourth-order valence-electron chi connectivity index (χ4n) is 1.89. The first-order chi connectivity index (χ1) is 9.61. The van der Waals surface area contributed by atoms with Crippen molar-refractivity contribution in [3.05, 3.63) is 62.7 Å². The Bertz CT molecular complexity index is 629. The molecule has 2 aromatic carbocycles. The third kappa shape index (κ3) is 3.49. The number of nitrogens with two attached hydrogens (primary N) is 1. The van der Waals surface area contributed by atoms with Crippen molar-refractivity contribution in [2.24, 2.45) is 5.73 Å². The number of halogens is 1. The molecule has 0 aliphatic rings. The number of phenolic OH excluding ortho intramolecular Hbond substituents is 1. The number of hydrogen-bond acceptors (Lipinski definition) is 3. The number of phenols is 1. The van der Waals surface area contributed by atoms with Crippen LogP contribution in [0.15, 0.2) is 42.5 Å². The topological polar surface area (TPSA) is 75.3 Å². The second kappa shape index (κ2) is 6.71. The SMILES string of the molecule is NCc1ccccc1CNC(=O)c1cc(I)ccc1O. The smallest absolute Gasteiger partial charge is 0.255 e. The summed E-state index contributed by atoms with van der Waals surface area (Å²) in [7, 11) is 0. The Morgan fingerprint density at radius 3 is 2.60 bits per heavy atom. The fraction of sp³-hybridized carbons (Fsp3) is 0.133. The summed E-state index contributed by atoms with van der Waals surface area (Å²) in [5.41, 5.74) is 7.92. The number of rotatable bonds is 4. The van der Waals surface area contributed by atoms with Gasteiger partial charge in [0, 0.05) is 16.7 Å². The molecule has 0 aliphatic heterocycles. The van der Waals surface area contributed by atoms with Crippen molar-refractivity contribution in [1.82, 2.24) is 5.32 Å². The van der Waals surface area contributed by atoms with Crippen molar-refractivity contribution < 1.29 is 9.90 Å². The van der Waals surface area contributed by atoms with Gasteiger partial charge in [-0.05, 0) is 51.9 Å². The van der Waals surface area contributed by atoms with Gasteiger partial charge in [-0.3, -0.25) is 4.79 Å². The van der Waals surface area contributed by atoms with Crippen molar-refractivity contribution in [2.45, 2.75) is 13.1 Å². The standard InChI is InChI=1S/C15H15IN2O2/c16-12-5-6-14(19)13(7-12)15(20)18-9-11-4-2-1-3-10(11)8-17/h1-7,19H,8-9,17H2,(H,18,20). The Hall–Kier alpha value is -1.60. The summed E-state index contributed by atoms with van der Waals surface area (Å²) in [6.07, 6.45) is 0.